The van der Waals surface area contributed by atoms with Gasteiger partial charge in [0, 0.05) is 10.6 Å². The Kier molecular flexibility index (Phi) is 5.64. The number of nitrogens with zero attached hydrogens (tertiary/aromatic N) is 2. The van der Waals surface area contributed by atoms with Gasteiger partial charge >= 0.3 is 0 Å². The lowest BCUT2D eigenvalue weighted by Gasteiger charge is -2.18. The summed E-state index contributed by atoms with van der Waals surface area (Å²) in [6.07, 6.45) is 0. The molecule has 0 saturated carbocycles. The molecule has 0 bridgehead atoms. The number of para-hydroxylation sites is 1. The first-order chi connectivity index (χ1) is 14.9. The van der Waals surface area contributed by atoms with Crippen molar-refractivity contribution in [2.75, 3.05) is 5.32 Å². The topological polar surface area (TPSA) is 64.0 Å². The Morgan fingerprint density at radius 3 is 2.26 bits per heavy atom. The Morgan fingerprint density at radius 2 is 1.61 bits per heavy atom. The van der Waals surface area contributed by atoms with Crippen LogP contribution in [0.2, 0.25) is 5.02 Å². The first-order valence-corrected chi connectivity index (χ1v) is 9.84. The molecule has 0 radical (unpaired) electrons. The van der Waals surface area contributed by atoms with Crippen molar-refractivity contribution in [2.24, 2.45) is 0 Å². The molecule has 154 valence electrons. The smallest absolute Gasteiger partial charge is 0.256 e. The Labute approximate surface area is 182 Å². The minimum absolute atomic E-state index is 0.207. The van der Waals surface area contributed by atoms with E-state index in [9.17, 15) is 14.0 Å². The highest BCUT2D eigenvalue weighted by molar-refractivity contribution is 6.30. The first kappa shape index (κ1) is 20.5. The summed E-state index contributed by atoms with van der Waals surface area (Å²) in [6, 6.07) is 21.1. The van der Waals surface area contributed by atoms with Gasteiger partial charge in [0.25, 0.3) is 5.91 Å². The van der Waals surface area contributed by atoms with Crippen LogP contribution in [0.15, 0.2) is 83.7 Å². The van der Waals surface area contributed by atoms with E-state index < -0.39 is 11.7 Å². The lowest BCUT2D eigenvalue weighted by molar-refractivity contribution is 0.102. The lowest BCUT2D eigenvalue weighted by atomic mass is 10.0. The third kappa shape index (κ3) is 4.25. The van der Waals surface area contributed by atoms with Gasteiger partial charge < -0.3 is 5.32 Å². The second kappa shape index (κ2) is 8.53. The number of hydrogen-bond donors (Lipinski definition) is 1. The molecule has 0 fully saturated rings. The maximum absolute atomic E-state index is 13.3. The lowest BCUT2D eigenvalue weighted by Crippen LogP contribution is -2.24. The summed E-state index contributed by atoms with van der Waals surface area (Å²) in [6.45, 7) is 1.62. The standard InChI is InChI=1S/C24H17ClFN3O2/c1-15-22(30)21(16-7-11-18(25)12-8-16)23(29(28-15)20-5-3-2-4-6-20)27-24(31)17-9-13-19(26)14-10-17/h2-14H,1H3,(H,27,31). The van der Waals surface area contributed by atoms with Crippen LogP contribution in [-0.2, 0) is 0 Å². The molecule has 0 saturated heterocycles. The highest BCUT2D eigenvalue weighted by Crippen LogP contribution is 2.28. The number of nitrogens with one attached hydrogen (secondary N) is 1. The molecule has 31 heavy (non-hydrogen) atoms. The second-order valence-electron chi connectivity index (χ2n) is 6.85. The van der Waals surface area contributed by atoms with E-state index in [-0.39, 0.29) is 28.1 Å². The highest BCUT2D eigenvalue weighted by atomic mass is 35.5. The molecule has 3 aromatic carbocycles. The van der Waals surface area contributed by atoms with E-state index in [0.717, 1.165) is 0 Å². The van der Waals surface area contributed by atoms with Gasteiger partial charge in [0.15, 0.2) is 0 Å². The normalized spacial score (nSPS) is 10.7. The van der Waals surface area contributed by atoms with Gasteiger partial charge in [-0.2, -0.15) is 5.10 Å². The van der Waals surface area contributed by atoms with Crippen molar-refractivity contribution in [3.8, 4) is 16.8 Å². The van der Waals surface area contributed by atoms with E-state index in [4.69, 9.17) is 11.6 Å². The number of carbonyl (C=O) groups is 1. The minimum Gasteiger partial charge on any atom is -0.306 e. The van der Waals surface area contributed by atoms with Crippen LogP contribution in [0.3, 0.4) is 0 Å². The van der Waals surface area contributed by atoms with Gasteiger partial charge in [0.1, 0.15) is 17.3 Å². The molecule has 0 aliphatic carbocycles. The molecular formula is C24H17ClFN3O2. The fourth-order valence-corrected chi connectivity index (χ4v) is 3.30. The molecule has 1 heterocycles. The third-order valence-electron chi connectivity index (χ3n) is 4.73. The molecule has 5 nitrogen and oxygen atoms in total. The van der Waals surface area contributed by atoms with Crippen LogP contribution < -0.4 is 10.7 Å². The van der Waals surface area contributed by atoms with Crippen LogP contribution in [0.4, 0.5) is 10.2 Å². The predicted octanol–water partition coefficient (Wildman–Crippen LogP) is 5.25. The average molecular weight is 434 g/mol. The van der Waals surface area contributed by atoms with Gasteiger partial charge in [-0.15, -0.1) is 0 Å². The number of anilines is 1. The van der Waals surface area contributed by atoms with Crippen molar-refractivity contribution in [2.45, 2.75) is 6.92 Å². The summed E-state index contributed by atoms with van der Waals surface area (Å²) in [5, 5.41) is 7.73. The fraction of sp³-hybridized carbons (Fsp3) is 0.0417. The van der Waals surface area contributed by atoms with Crippen LogP contribution in [0.5, 0.6) is 0 Å². The predicted molar refractivity (Wildman–Crippen MR) is 119 cm³/mol. The van der Waals surface area contributed by atoms with Gasteiger partial charge in [0.2, 0.25) is 5.43 Å². The molecule has 0 aliphatic heterocycles. The Balaban J connectivity index is 1.94. The van der Waals surface area contributed by atoms with Crippen molar-refractivity contribution in [3.63, 3.8) is 0 Å². The molecule has 0 spiro atoms. The molecule has 0 atom stereocenters. The van der Waals surface area contributed by atoms with E-state index in [1.807, 2.05) is 30.3 Å². The van der Waals surface area contributed by atoms with Crippen LogP contribution in [0, 0.1) is 12.7 Å². The van der Waals surface area contributed by atoms with Crippen molar-refractivity contribution >= 4 is 23.3 Å². The molecular weight excluding hydrogens is 417 g/mol. The number of benzene rings is 3. The van der Waals surface area contributed by atoms with Gasteiger partial charge in [-0.3, -0.25) is 9.59 Å². The molecule has 0 aliphatic rings. The zero-order valence-corrected chi connectivity index (χ0v) is 17.2. The largest absolute Gasteiger partial charge is 0.306 e. The molecule has 1 amide bonds. The Morgan fingerprint density at radius 1 is 0.968 bits per heavy atom. The number of aromatic nitrogens is 2. The second-order valence-corrected chi connectivity index (χ2v) is 7.29. The molecule has 7 heteroatoms. The highest BCUT2D eigenvalue weighted by Gasteiger charge is 2.21. The number of rotatable bonds is 4. The van der Waals surface area contributed by atoms with Crippen LogP contribution >= 0.6 is 11.6 Å². The van der Waals surface area contributed by atoms with Crippen molar-refractivity contribution in [1.82, 2.24) is 9.78 Å². The summed E-state index contributed by atoms with van der Waals surface area (Å²) < 4.78 is 14.8. The maximum Gasteiger partial charge on any atom is 0.256 e. The fourth-order valence-electron chi connectivity index (χ4n) is 3.18. The number of carbonyl (C=O) groups excluding carboxylic acids is 1. The summed E-state index contributed by atoms with van der Waals surface area (Å²) in [4.78, 5) is 26.1. The monoisotopic (exact) mass is 433 g/mol. The average Bonchev–Trinajstić information content (AvgIpc) is 2.78. The van der Waals surface area contributed by atoms with Gasteiger partial charge in [-0.25, -0.2) is 9.07 Å². The number of halogens is 2. The zero-order chi connectivity index (χ0) is 22.0. The summed E-state index contributed by atoms with van der Waals surface area (Å²) >= 11 is 6.02. The zero-order valence-electron chi connectivity index (χ0n) is 16.5. The molecule has 4 aromatic rings. The summed E-state index contributed by atoms with van der Waals surface area (Å²) in [7, 11) is 0. The number of amides is 1. The number of hydrogen-bond acceptors (Lipinski definition) is 3. The van der Waals surface area contributed by atoms with E-state index in [0.29, 0.717) is 16.3 Å². The summed E-state index contributed by atoms with van der Waals surface area (Å²) in [5.74, 6) is -0.736. The third-order valence-corrected chi connectivity index (χ3v) is 4.98. The summed E-state index contributed by atoms with van der Waals surface area (Å²) in [5.41, 5.74) is 1.73. The van der Waals surface area contributed by atoms with Crippen LogP contribution in [-0.4, -0.2) is 15.7 Å². The van der Waals surface area contributed by atoms with Crippen LogP contribution in [0.1, 0.15) is 16.1 Å². The SMILES string of the molecule is Cc1nn(-c2ccccc2)c(NC(=O)c2ccc(F)cc2)c(-c2ccc(Cl)cc2)c1=O. The number of aryl methyl sites for hydroxylation is 1. The van der Waals surface area contributed by atoms with E-state index in [1.165, 1.54) is 28.9 Å². The van der Waals surface area contributed by atoms with E-state index in [2.05, 4.69) is 10.4 Å². The minimum atomic E-state index is -0.495. The Hall–Kier alpha value is -3.77. The van der Waals surface area contributed by atoms with E-state index in [1.54, 1.807) is 31.2 Å². The van der Waals surface area contributed by atoms with Gasteiger partial charge in [-0.1, -0.05) is 41.9 Å². The molecule has 4 rings (SSSR count). The van der Waals surface area contributed by atoms with Gasteiger partial charge in [0.05, 0.1) is 11.3 Å². The first-order valence-electron chi connectivity index (χ1n) is 9.46. The molecule has 0 unspecified atom stereocenters. The van der Waals surface area contributed by atoms with Gasteiger partial charge in [-0.05, 0) is 61.0 Å². The van der Waals surface area contributed by atoms with Crippen molar-refractivity contribution < 1.29 is 9.18 Å². The maximum atomic E-state index is 13.3. The Bertz CT molecular complexity index is 1300. The quantitative estimate of drug-likeness (QED) is 0.478. The molecule has 1 N–H and O–H groups in total. The van der Waals surface area contributed by atoms with Crippen LogP contribution in [0.25, 0.3) is 16.8 Å². The molecule has 1 aromatic heterocycles. The van der Waals surface area contributed by atoms with E-state index >= 15 is 0 Å². The van der Waals surface area contributed by atoms with Crippen molar-refractivity contribution in [3.05, 3.63) is 111 Å². The van der Waals surface area contributed by atoms with Crippen molar-refractivity contribution in [1.29, 1.82) is 0 Å².